The predicted molar refractivity (Wildman–Crippen MR) is 158 cm³/mol. The Morgan fingerprint density at radius 3 is 2.49 bits per heavy atom. The highest BCUT2D eigenvalue weighted by atomic mass is 15.3. The molecule has 2 aliphatic rings. The van der Waals surface area contributed by atoms with Gasteiger partial charge in [0.25, 0.3) is 0 Å². The van der Waals surface area contributed by atoms with E-state index in [1.54, 1.807) is 0 Å². The van der Waals surface area contributed by atoms with Gasteiger partial charge in [0.15, 0.2) is 0 Å². The summed E-state index contributed by atoms with van der Waals surface area (Å²) in [5.74, 6) is 0. The Morgan fingerprint density at radius 2 is 1.67 bits per heavy atom. The van der Waals surface area contributed by atoms with E-state index in [1.165, 1.54) is 44.7 Å². The number of piperazine rings is 1. The van der Waals surface area contributed by atoms with Crippen LogP contribution in [-0.4, -0.2) is 81.5 Å². The number of likely N-dealkylation sites (N-methyl/N-ethyl adjacent to an activating group) is 1. The smallest absolute Gasteiger partial charge is 0.138 e. The average Bonchev–Trinajstić information content (AvgIpc) is 3.37. The zero-order valence-corrected chi connectivity index (χ0v) is 22.8. The topological polar surface area (TPSA) is 52.8 Å². The summed E-state index contributed by atoms with van der Waals surface area (Å²) in [6, 6.07) is 21.8. The van der Waals surface area contributed by atoms with Crippen LogP contribution in [0.4, 0.5) is 5.69 Å². The number of anilines is 1. The summed E-state index contributed by atoms with van der Waals surface area (Å²) in [5, 5.41) is 1.15. The number of aryl methyl sites for hydroxylation is 1. The molecule has 0 spiro atoms. The summed E-state index contributed by atoms with van der Waals surface area (Å²) in [6.45, 7) is 8.96. The van der Waals surface area contributed by atoms with Crippen LogP contribution in [0.25, 0.3) is 39.2 Å². The van der Waals surface area contributed by atoms with E-state index in [0.717, 1.165) is 58.0 Å². The molecular weight excluding hydrogens is 482 g/mol. The van der Waals surface area contributed by atoms with Gasteiger partial charge in [0.05, 0.1) is 28.8 Å². The van der Waals surface area contributed by atoms with Crippen molar-refractivity contribution in [1.29, 1.82) is 0 Å². The van der Waals surface area contributed by atoms with Gasteiger partial charge in [-0.2, -0.15) is 0 Å². The van der Waals surface area contributed by atoms with Crippen molar-refractivity contribution in [3.05, 3.63) is 78.8 Å². The second-order valence-electron chi connectivity index (χ2n) is 11.1. The first-order valence-corrected chi connectivity index (χ1v) is 14.1. The summed E-state index contributed by atoms with van der Waals surface area (Å²) in [4.78, 5) is 22.3. The maximum Gasteiger partial charge on any atom is 0.138 e. The monoisotopic (exact) mass is 517 g/mol. The second kappa shape index (κ2) is 10.1. The van der Waals surface area contributed by atoms with Crippen LogP contribution in [0.2, 0.25) is 0 Å². The fourth-order valence-electron chi connectivity index (χ4n) is 6.24. The zero-order chi connectivity index (χ0) is 26.3. The lowest BCUT2D eigenvalue weighted by atomic mass is 10.0. The van der Waals surface area contributed by atoms with E-state index in [0.29, 0.717) is 6.04 Å². The Labute approximate surface area is 229 Å². The molecule has 2 aliphatic heterocycles. The number of pyridine rings is 3. The molecule has 6 heterocycles. The van der Waals surface area contributed by atoms with Crippen LogP contribution in [0, 0.1) is 6.92 Å². The van der Waals surface area contributed by atoms with Crippen molar-refractivity contribution in [1.82, 2.24) is 29.2 Å². The summed E-state index contributed by atoms with van der Waals surface area (Å²) in [5.41, 5.74) is 8.11. The maximum absolute atomic E-state index is 4.99. The average molecular weight is 518 g/mol. The fourth-order valence-corrected chi connectivity index (χ4v) is 6.24. The molecule has 2 fully saturated rings. The Bertz CT molecular complexity index is 1620. The molecule has 0 bridgehead atoms. The largest absolute Gasteiger partial charge is 0.370 e. The van der Waals surface area contributed by atoms with Crippen LogP contribution in [0.3, 0.4) is 0 Å². The highest BCUT2D eigenvalue weighted by Crippen LogP contribution is 2.34. The number of rotatable bonds is 4. The summed E-state index contributed by atoms with van der Waals surface area (Å²) < 4.78 is 2.17. The van der Waals surface area contributed by atoms with Crippen molar-refractivity contribution in [3.8, 4) is 22.6 Å². The number of aromatic nitrogens is 4. The SMILES string of the molecule is Cc1cccc(-c2nc3ccccn3c2-c2ccc3ncc(N4CCC(N5CCN(C)CC5)CC4)cc3c2)n1. The predicted octanol–water partition coefficient (Wildman–Crippen LogP) is 5.14. The molecule has 0 radical (unpaired) electrons. The van der Waals surface area contributed by atoms with Crippen LogP contribution < -0.4 is 4.90 Å². The molecule has 0 N–H and O–H groups in total. The number of hydrogen-bond donors (Lipinski definition) is 0. The first-order chi connectivity index (χ1) is 19.1. The van der Waals surface area contributed by atoms with Gasteiger partial charge in [-0.25, -0.2) is 4.98 Å². The Hall–Kier alpha value is -3.81. The van der Waals surface area contributed by atoms with Crippen molar-refractivity contribution >= 4 is 22.2 Å². The number of benzene rings is 1. The van der Waals surface area contributed by atoms with E-state index in [-0.39, 0.29) is 0 Å². The molecule has 2 saturated heterocycles. The van der Waals surface area contributed by atoms with E-state index in [9.17, 15) is 0 Å². The maximum atomic E-state index is 4.99. The van der Waals surface area contributed by atoms with Crippen LogP contribution in [0.5, 0.6) is 0 Å². The minimum Gasteiger partial charge on any atom is -0.370 e. The van der Waals surface area contributed by atoms with Crippen LogP contribution >= 0.6 is 0 Å². The molecule has 7 heteroatoms. The summed E-state index contributed by atoms with van der Waals surface area (Å²) in [6.07, 6.45) is 6.57. The molecule has 0 unspecified atom stereocenters. The molecule has 0 saturated carbocycles. The van der Waals surface area contributed by atoms with Crippen molar-refractivity contribution in [2.75, 3.05) is 51.2 Å². The standard InChI is InChI=1S/C32H35N7/c1-23-6-5-7-29(34-23)31-32(39-13-4-3-8-30(39)35-31)24-9-10-28-25(20-24)21-27(22-33-28)37-14-11-26(12-15-37)38-18-16-36(2)17-19-38/h3-10,13,20-22,26H,11-12,14-19H2,1-2H3. The third-order valence-electron chi connectivity index (χ3n) is 8.49. The van der Waals surface area contributed by atoms with Crippen LogP contribution in [0.15, 0.2) is 73.1 Å². The van der Waals surface area contributed by atoms with Crippen LogP contribution in [0.1, 0.15) is 18.5 Å². The quantitative estimate of drug-likeness (QED) is 0.329. The van der Waals surface area contributed by atoms with Crippen molar-refractivity contribution < 1.29 is 0 Å². The molecule has 198 valence electrons. The number of hydrogen-bond acceptors (Lipinski definition) is 6. The number of piperidine rings is 1. The Kier molecular flexibility index (Phi) is 6.25. The van der Waals surface area contributed by atoms with E-state index in [1.807, 2.05) is 25.1 Å². The Morgan fingerprint density at radius 1 is 0.821 bits per heavy atom. The Balaban J connectivity index is 1.20. The molecule has 0 aliphatic carbocycles. The normalized spacial score (nSPS) is 17.8. The zero-order valence-electron chi connectivity index (χ0n) is 22.8. The minimum absolute atomic E-state index is 0.707. The molecule has 5 aromatic rings. The van der Waals surface area contributed by atoms with Gasteiger partial charge in [0.1, 0.15) is 11.3 Å². The number of fused-ring (bicyclic) bond motifs is 2. The van der Waals surface area contributed by atoms with E-state index in [4.69, 9.17) is 15.0 Å². The van der Waals surface area contributed by atoms with Gasteiger partial charge >= 0.3 is 0 Å². The van der Waals surface area contributed by atoms with Gasteiger partial charge in [-0.3, -0.25) is 19.3 Å². The molecule has 4 aromatic heterocycles. The van der Waals surface area contributed by atoms with Gasteiger partial charge in [0, 0.05) is 68.2 Å². The first-order valence-electron chi connectivity index (χ1n) is 14.1. The summed E-state index contributed by atoms with van der Waals surface area (Å²) in [7, 11) is 2.23. The van der Waals surface area contributed by atoms with Gasteiger partial charge in [-0.05, 0) is 69.3 Å². The van der Waals surface area contributed by atoms with E-state index >= 15 is 0 Å². The van der Waals surface area contributed by atoms with Crippen molar-refractivity contribution in [2.45, 2.75) is 25.8 Å². The molecule has 39 heavy (non-hydrogen) atoms. The van der Waals surface area contributed by atoms with Gasteiger partial charge in [0.2, 0.25) is 0 Å². The minimum atomic E-state index is 0.707. The van der Waals surface area contributed by atoms with Crippen molar-refractivity contribution in [3.63, 3.8) is 0 Å². The third kappa shape index (κ3) is 4.66. The van der Waals surface area contributed by atoms with E-state index < -0.39 is 0 Å². The lowest BCUT2D eigenvalue weighted by Crippen LogP contribution is -2.52. The molecule has 0 amide bonds. The molecule has 7 nitrogen and oxygen atoms in total. The fraction of sp³-hybridized carbons (Fsp3) is 0.344. The van der Waals surface area contributed by atoms with E-state index in [2.05, 4.69) is 81.0 Å². The highest BCUT2D eigenvalue weighted by molar-refractivity contribution is 5.89. The molecule has 7 rings (SSSR count). The van der Waals surface area contributed by atoms with Crippen LogP contribution in [-0.2, 0) is 0 Å². The molecule has 0 atom stereocenters. The summed E-state index contributed by atoms with van der Waals surface area (Å²) >= 11 is 0. The molecule has 1 aromatic carbocycles. The number of imidazole rings is 1. The van der Waals surface area contributed by atoms with Crippen molar-refractivity contribution in [2.24, 2.45) is 0 Å². The lowest BCUT2D eigenvalue weighted by Gasteiger charge is -2.42. The van der Waals surface area contributed by atoms with Gasteiger partial charge in [-0.1, -0.05) is 18.2 Å². The second-order valence-corrected chi connectivity index (χ2v) is 11.1. The number of nitrogens with zero attached hydrogens (tertiary/aromatic N) is 7. The third-order valence-corrected chi connectivity index (χ3v) is 8.49. The van der Waals surface area contributed by atoms with Gasteiger partial charge in [-0.15, -0.1) is 0 Å². The first kappa shape index (κ1) is 24.2. The molecular formula is C32H35N7. The lowest BCUT2D eigenvalue weighted by molar-refractivity contribution is 0.0982. The highest BCUT2D eigenvalue weighted by Gasteiger charge is 2.27. The van der Waals surface area contributed by atoms with Gasteiger partial charge < -0.3 is 9.80 Å².